The third kappa shape index (κ3) is 20.0. The van der Waals surface area contributed by atoms with Gasteiger partial charge >= 0.3 is 5.51 Å². The molecule has 466 valence electrons. The molecule has 2 fully saturated rings. The van der Waals surface area contributed by atoms with Gasteiger partial charge in [0.2, 0.25) is 11.8 Å². The molecule has 0 unspecified atom stereocenters. The quantitative estimate of drug-likeness (QED) is 0.0223. The van der Waals surface area contributed by atoms with Crippen molar-refractivity contribution < 1.29 is 58.3 Å². The second-order valence-corrected chi connectivity index (χ2v) is 29.2. The minimum Gasteiger partial charge on any atom is -0.391 e. The Hall–Kier alpha value is -5.07. The van der Waals surface area contributed by atoms with Crippen molar-refractivity contribution in [2.45, 2.75) is 163 Å². The van der Waals surface area contributed by atoms with Gasteiger partial charge in [-0.25, -0.2) is 30.3 Å². The Balaban J connectivity index is 1.03. The second kappa shape index (κ2) is 30.0. The average Bonchev–Trinajstić information content (AvgIpc) is 2.10. The first-order valence-electron chi connectivity index (χ1n) is 29.1. The zero-order valence-corrected chi connectivity index (χ0v) is 51.9. The molecule has 15 nitrogen and oxygen atoms in total. The number of hydrogen-bond donors (Lipinski definition) is 4. The molecule has 0 radical (unpaired) electrons. The van der Waals surface area contributed by atoms with E-state index in [2.05, 4.69) is 45.8 Å². The molecule has 4 N–H and O–H groups in total. The van der Waals surface area contributed by atoms with E-state index in [0.717, 1.165) is 87.3 Å². The summed E-state index contributed by atoms with van der Waals surface area (Å²) < 4.78 is 126. The van der Waals surface area contributed by atoms with Crippen molar-refractivity contribution in [1.29, 1.82) is 0 Å². The predicted molar refractivity (Wildman–Crippen MR) is 321 cm³/mol. The number of benzene rings is 3. The lowest BCUT2D eigenvalue weighted by molar-refractivity contribution is -0.138. The molecule has 3 aromatic carbocycles. The lowest BCUT2D eigenvalue weighted by atomic mass is 9.73. The van der Waals surface area contributed by atoms with Crippen molar-refractivity contribution in [3.05, 3.63) is 102 Å². The fourth-order valence-corrected chi connectivity index (χ4v) is 13.8. The van der Waals surface area contributed by atoms with E-state index in [0.29, 0.717) is 70.2 Å². The minimum absolute atomic E-state index is 0.0486. The number of nitrogens with one attached hydrogen (secondary N) is 3. The van der Waals surface area contributed by atoms with Crippen molar-refractivity contribution in [2.24, 2.45) is 10.8 Å². The number of likely N-dealkylation sites (tertiary alicyclic amines) is 1. The molecule has 0 bridgehead atoms. The molecule has 0 aromatic heterocycles. The maximum Gasteiger partial charge on any atom is 0.501 e. The van der Waals surface area contributed by atoms with Crippen LogP contribution >= 0.6 is 11.8 Å². The topological polar surface area (TPSA) is 189 Å². The number of unbranched alkanes of at least 4 members (excludes halogenated alkanes) is 4. The number of sulfonamides is 1. The number of aliphatic hydroxyl groups is 1. The molecule has 2 aliphatic heterocycles. The first-order chi connectivity index (χ1) is 39.4. The van der Waals surface area contributed by atoms with Crippen LogP contribution in [0.15, 0.2) is 111 Å². The molecule has 1 aliphatic carbocycles. The van der Waals surface area contributed by atoms with E-state index in [-0.39, 0.29) is 47.8 Å². The number of sulfone groups is 1. The van der Waals surface area contributed by atoms with Gasteiger partial charge < -0.3 is 30.4 Å². The van der Waals surface area contributed by atoms with Crippen LogP contribution in [0, 0.1) is 10.8 Å². The Bertz CT molecular complexity index is 2970. The molecule has 23 heteroatoms. The van der Waals surface area contributed by atoms with Crippen LogP contribution in [0.4, 0.5) is 33.3 Å². The maximum atomic E-state index is 14.4. The first-order valence-corrected chi connectivity index (χ1v) is 33.0. The summed E-state index contributed by atoms with van der Waals surface area (Å²) in [6.45, 7) is 19.0. The highest BCUT2D eigenvalue weighted by Gasteiger charge is 2.49. The smallest absolute Gasteiger partial charge is 0.391 e. The maximum absolute atomic E-state index is 14.4. The molecule has 0 spiro atoms. The monoisotopic (exact) mass is 1240 g/mol. The Morgan fingerprint density at radius 3 is 2.15 bits per heavy atom. The van der Waals surface area contributed by atoms with E-state index < -0.39 is 76.8 Å². The molecular weight excluding hydrogens is 1150 g/mol. The third-order valence-electron chi connectivity index (χ3n) is 16.0. The number of hydrogen-bond acceptors (Lipinski definition) is 13. The van der Waals surface area contributed by atoms with Crippen LogP contribution in [-0.2, 0) is 29.4 Å². The standard InChI is InChI=1S/C61H86F5N7O8S3/c1-43(56(62)63)19-20-45-39-60(5,6)30-27-46(45)40-71-34-36-72(37-35-71)48-23-21-44(22-24-48)57(76)69-84(80,81)51-25-26-52(53(38-51)83(78,79)61(64,65)66)67-47(42-82-50-16-12-11-13-17-50)28-32-70(7)31-15-10-8-9-14-18-54(75)68-55(59(2,3)4)58(77)73-33-29-49(74)41-73/h11-13,16-17,21-26,38,47,49,55-56,67,74H,1,8-10,14-15,18-20,27-37,39-42H2,2-7H3,(H,68,75)(H,69,76)/t47-,49-,55-/m1/s1. The van der Waals surface area contributed by atoms with Crippen molar-refractivity contribution in [1.82, 2.24) is 24.7 Å². The van der Waals surface area contributed by atoms with Gasteiger partial charge in [0.25, 0.3) is 32.2 Å². The van der Waals surface area contributed by atoms with Crippen LogP contribution in [0.1, 0.15) is 128 Å². The van der Waals surface area contributed by atoms with Crippen molar-refractivity contribution in [3.63, 3.8) is 0 Å². The summed E-state index contributed by atoms with van der Waals surface area (Å²) in [5.41, 5.74) is -3.46. The number of aliphatic hydroxyl groups excluding tert-OH is 1. The van der Waals surface area contributed by atoms with Gasteiger partial charge in [0.15, 0.2) is 0 Å². The van der Waals surface area contributed by atoms with Crippen LogP contribution in [0.25, 0.3) is 0 Å². The number of nitrogens with zero attached hydrogens (tertiary/aromatic N) is 4. The molecule has 2 heterocycles. The van der Waals surface area contributed by atoms with E-state index in [9.17, 15) is 58.3 Å². The van der Waals surface area contributed by atoms with Crippen molar-refractivity contribution in [2.75, 3.05) is 81.9 Å². The summed E-state index contributed by atoms with van der Waals surface area (Å²) in [6, 6.07) is 16.5. The lowest BCUT2D eigenvalue weighted by Gasteiger charge is -2.39. The van der Waals surface area contributed by atoms with E-state index in [1.165, 1.54) is 35.0 Å². The Morgan fingerprint density at radius 1 is 0.857 bits per heavy atom. The number of rotatable bonds is 29. The number of β-amino-alcohol motifs (C(OH)–C–C–N with tert-alkyl or cyclic N) is 1. The Morgan fingerprint density at radius 2 is 1.52 bits per heavy atom. The third-order valence-corrected chi connectivity index (χ3v) is 20.0. The number of halogens is 5. The van der Waals surface area contributed by atoms with Gasteiger partial charge in [-0.2, -0.15) is 13.2 Å². The number of amides is 3. The fourth-order valence-electron chi connectivity index (χ4n) is 10.8. The molecule has 2 saturated heterocycles. The van der Waals surface area contributed by atoms with E-state index in [4.69, 9.17) is 0 Å². The number of anilines is 2. The van der Waals surface area contributed by atoms with Gasteiger partial charge in [0.05, 0.1) is 16.7 Å². The molecular formula is C61H86F5N7O8S3. The molecule has 6 rings (SSSR count). The SMILES string of the molecule is C=C(CCC1=C(CN2CCN(c3ccc(C(=O)NS(=O)(=O)c4ccc(N[C@H](CCN(C)CCCCCCCC(=O)N[C@H](C(=O)N5CC[C@@H](O)C5)C(C)(C)C)CSc5ccccc5)c(S(=O)(=O)C(F)(F)F)c4)cc3)CC2)CCC(C)(C)C1)C(F)F. The molecule has 3 aliphatic rings. The summed E-state index contributed by atoms with van der Waals surface area (Å²) >= 11 is 1.41. The van der Waals surface area contributed by atoms with Crippen LogP contribution < -0.4 is 20.3 Å². The summed E-state index contributed by atoms with van der Waals surface area (Å²) in [7, 11) is -9.15. The Kier molecular flexibility index (Phi) is 24.3. The van der Waals surface area contributed by atoms with E-state index >= 15 is 0 Å². The van der Waals surface area contributed by atoms with Gasteiger partial charge in [0.1, 0.15) is 10.9 Å². The van der Waals surface area contributed by atoms with Gasteiger partial charge in [0, 0.05) is 80.2 Å². The number of alkyl halides is 5. The zero-order valence-electron chi connectivity index (χ0n) is 49.4. The van der Waals surface area contributed by atoms with Crippen LogP contribution in [-0.4, -0.2) is 156 Å². The summed E-state index contributed by atoms with van der Waals surface area (Å²) in [4.78, 5) is 46.4. The lowest BCUT2D eigenvalue weighted by Crippen LogP contribution is -2.54. The van der Waals surface area contributed by atoms with Crippen LogP contribution in [0.2, 0.25) is 0 Å². The number of piperazine rings is 1. The summed E-state index contributed by atoms with van der Waals surface area (Å²) in [5, 5.41) is 15.9. The largest absolute Gasteiger partial charge is 0.501 e. The fraction of sp³-hybridized carbons (Fsp3) is 0.590. The zero-order chi connectivity index (χ0) is 61.6. The molecule has 3 aromatic rings. The number of thioether (sulfide) groups is 1. The normalized spacial score (nSPS) is 18.0. The molecule has 3 atom stereocenters. The molecule has 84 heavy (non-hydrogen) atoms. The highest BCUT2D eigenvalue weighted by Crippen LogP contribution is 2.42. The molecule has 3 amide bonds. The van der Waals surface area contributed by atoms with E-state index in [1.54, 1.807) is 17.0 Å². The van der Waals surface area contributed by atoms with Gasteiger partial charge in [-0.05, 0) is 149 Å². The number of carbonyl (C=O) groups is 3. The van der Waals surface area contributed by atoms with Gasteiger partial charge in [-0.1, -0.05) is 89.8 Å². The highest BCUT2D eigenvalue weighted by atomic mass is 32.2. The Labute approximate surface area is 498 Å². The first kappa shape index (κ1) is 68.0. The number of allylic oxidation sites excluding steroid dienone is 2. The van der Waals surface area contributed by atoms with Gasteiger partial charge in [-0.15, -0.1) is 11.8 Å². The molecule has 0 saturated carbocycles. The van der Waals surface area contributed by atoms with Crippen LogP contribution in [0.3, 0.4) is 0 Å². The average molecular weight is 1240 g/mol. The summed E-state index contributed by atoms with van der Waals surface area (Å²) in [6.07, 6.45) is 5.65. The van der Waals surface area contributed by atoms with Crippen molar-refractivity contribution >= 4 is 60.7 Å². The second-order valence-electron chi connectivity index (χ2n) is 24.5. The minimum atomic E-state index is -6.14. The number of carbonyl (C=O) groups excluding carboxylic acids is 3. The van der Waals surface area contributed by atoms with Crippen molar-refractivity contribution in [3.8, 4) is 0 Å². The van der Waals surface area contributed by atoms with E-state index in [1.807, 2.05) is 62.9 Å². The highest BCUT2D eigenvalue weighted by molar-refractivity contribution is 7.99. The van der Waals surface area contributed by atoms with Crippen LogP contribution in [0.5, 0.6) is 0 Å². The predicted octanol–water partition coefficient (Wildman–Crippen LogP) is 10.7. The summed E-state index contributed by atoms with van der Waals surface area (Å²) in [5.74, 6) is -1.16. The van der Waals surface area contributed by atoms with Gasteiger partial charge in [-0.3, -0.25) is 19.3 Å².